The van der Waals surface area contributed by atoms with Gasteiger partial charge in [0.15, 0.2) is 0 Å². The molecule has 1 amide bonds. The second kappa shape index (κ2) is 10.8. The van der Waals surface area contributed by atoms with Crippen molar-refractivity contribution in [3.05, 3.63) is 71.2 Å². The Balaban J connectivity index is 1.67. The molecule has 2 aromatic heterocycles. The zero-order valence-electron chi connectivity index (χ0n) is 19.5. The van der Waals surface area contributed by atoms with Crippen molar-refractivity contribution in [2.24, 2.45) is 5.73 Å². The third-order valence-corrected chi connectivity index (χ3v) is 5.58. The summed E-state index contributed by atoms with van der Waals surface area (Å²) in [4.78, 5) is 22.8. The fraction of sp³-hybridized carbons (Fsp3) is 0.269. The number of carbonyl (C=O) groups excluding carboxylic acids is 1. The average molecular weight is 496 g/mol. The van der Waals surface area contributed by atoms with Crippen LogP contribution < -0.4 is 16.0 Å². The molecule has 0 aliphatic carbocycles. The number of nitrogens with one attached hydrogen (secondary N) is 1. The van der Waals surface area contributed by atoms with Crippen molar-refractivity contribution < 1.29 is 22.7 Å². The normalized spacial score (nSPS) is 13.6. The largest absolute Gasteiger partial charge is 0.433 e. The summed E-state index contributed by atoms with van der Waals surface area (Å²) in [6, 6.07) is 11.1. The fourth-order valence-corrected chi connectivity index (χ4v) is 3.77. The van der Waals surface area contributed by atoms with E-state index in [1.807, 2.05) is 25.1 Å². The van der Waals surface area contributed by atoms with Crippen molar-refractivity contribution in [3.63, 3.8) is 0 Å². The molecule has 36 heavy (non-hydrogen) atoms. The molecular weight excluding hydrogens is 471 g/mol. The zero-order valence-corrected chi connectivity index (χ0v) is 19.5. The minimum Gasteiger partial charge on any atom is -0.378 e. The molecule has 7 nitrogen and oxygen atoms in total. The lowest BCUT2D eigenvalue weighted by Crippen LogP contribution is -2.36. The minimum atomic E-state index is -4.64. The van der Waals surface area contributed by atoms with E-state index in [9.17, 15) is 18.0 Å². The monoisotopic (exact) mass is 495 g/mol. The van der Waals surface area contributed by atoms with Crippen LogP contribution in [0.5, 0.6) is 0 Å². The van der Waals surface area contributed by atoms with Crippen LogP contribution in [0.4, 0.5) is 24.7 Å². The van der Waals surface area contributed by atoms with Gasteiger partial charge in [-0.3, -0.25) is 9.78 Å². The number of halogens is 3. The summed E-state index contributed by atoms with van der Waals surface area (Å²) in [5, 5.41) is 2.68. The first-order valence-corrected chi connectivity index (χ1v) is 11.2. The van der Waals surface area contributed by atoms with E-state index in [4.69, 9.17) is 10.5 Å². The fourth-order valence-electron chi connectivity index (χ4n) is 3.77. The Bertz CT molecular complexity index is 1330. The highest BCUT2D eigenvalue weighted by atomic mass is 19.4. The van der Waals surface area contributed by atoms with Gasteiger partial charge in [-0.05, 0) is 65.9 Å². The summed E-state index contributed by atoms with van der Waals surface area (Å²) in [6.45, 7) is 4.72. The number of hydrogen-bond acceptors (Lipinski definition) is 6. The van der Waals surface area contributed by atoms with Gasteiger partial charge in [-0.2, -0.15) is 13.2 Å². The van der Waals surface area contributed by atoms with Crippen LogP contribution in [0.2, 0.25) is 0 Å². The molecule has 186 valence electrons. The number of ether oxygens (including phenoxy) is 1. The number of aromatic nitrogens is 2. The first kappa shape index (κ1) is 25.2. The lowest BCUT2D eigenvalue weighted by atomic mass is 9.99. The Morgan fingerprint density at radius 2 is 1.94 bits per heavy atom. The first-order valence-electron chi connectivity index (χ1n) is 11.2. The van der Waals surface area contributed by atoms with Gasteiger partial charge in [-0.1, -0.05) is 12.0 Å². The zero-order chi connectivity index (χ0) is 25.7. The van der Waals surface area contributed by atoms with E-state index in [2.05, 4.69) is 32.0 Å². The van der Waals surface area contributed by atoms with E-state index in [1.54, 1.807) is 12.1 Å². The second-order valence-electron chi connectivity index (χ2n) is 8.12. The number of amides is 1. The SMILES string of the molecule is Cc1ccc(NC(=O)c2ccnc(C(F)(F)F)c2)cc1-c1cc(C#CCN)nc(N2CCOCC2)c1. The topological polar surface area (TPSA) is 93.4 Å². The highest BCUT2D eigenvalue weighted by molar-refractivity contribution is 6.04. The van der Waals surface area contributed by atoms with Crippen LogP contribution in [-0.2, 0) is 10.9 Å². The predicted molar refractivity (Wildman–Crippen MR) is 131 cm³/mol. The lowest BCUT2D eigenvalue weighted by molar-refractivity contribution is -0.141. The molecule has 4 rings (SSSR count). The molecule has 1 aliphatic rings. The number of anilines is 2. The smallest absolute Gasteiger partial charge is 0.378 e. The van der Waals surface area contributed by atoms with Crippen LogP contribution in [0.1, 0.15) is 27.3 Å². The summed E-state index contributed by atoms with van der Waals surface area (Å²) in [5.41, 5.74) is 7.87. The number of rotatable bonds is 4. The number of carbonyl (C=O) groups is 1. The second-order valence-corrected chi connectivity index (χ2v) is 8.12. The molecule has 3 aromatic rings. The third-order valence-electron chi connectivity index (χ3n) is 5.58. The van der Waals surface area contributed by atoms with Gasteiger partial charge < -0.3 is 20.7 Å². The number of nitrogens with zero attached hydrogens (tertiary/aromatic N) is 3. The molecule has 1 fully saturated rings. The van der Waals surface area contributed by atoms with Crippen LogP contribution in [0.3, 0.4) is 0 Å². The molecule has 0 radical (unpaired) electrons. The summed E-state index contributed by atoms with van der Waals surface area (Å²) >= 11 is 0. The molecule has 1 aromatic carbocycles. The maximum Gasteiger partial charge on any atom is 0.433 e. The van der Waals surface area contributed by atoms with Gasteiger partial charge in [0.2, 0.25) is 0 Å². The summed E-state index contributed by atoms with van der Waals surface area (Å²) in [5.74, 6) is 5.90. The molecule has 0 saturated carbocycles. The van der Waals surface area contributed by atoms with Gasteiger partial charge in [-0.25, -0.2) is 4.98 Å². The number of alkyl halides is 3. The van der Waals surface area contributed by atoms with Gasteiger partial charge >= 0.3 is 6.18 Å². The van der Waals surface area contributed by atoms with Gasteiger partial charge in [0.1, 0.15) is 17.2 Å². The van der Waals surface area contributed by atoms with E-state index in [0.29, 0.717) is 37.7 Å². The van der Waals surface area contributed by atoms with E-state index in [0.717, 1.165) is 34.8 Å². The van der Waals surface area contributed by atoms with Gasteiger partial charge in [0.05, 0.1) is 19.8 Å². The summed E-state index contributed by atoms with van der Waals surface area (Å²) < 4.78 is 44.4. The molecule has 0 atom stereocenters. The third kappa shape index (κ3) is 6.00. The first-order chi connectivity index (χ1) is 17.2. The molecular formula is C26H24F3N5O2. The predicted octanol–water partition coefficient (Wildman–Crippen LogP) is 3.87. The molecule has 1 aliphatic heterocycles. The standard InChI is InChI=1S/C26H24F3N5O2/c1-17-4-5-21(33-25(35)18-6-8-31-23(14-18)26(27,28)29)16-22(17)19-13-20(3-2-7-30)32-24(15-19)34-9-11-36-12-10-34/h4-6,8,13-16H,7,9-12,30H2,1H3,(H,33,35). The molecule has 10 heteroatoms. The molecule has 0 spiro atoms. The van der Waals surface area contributed by atoms with Gasteiger partial charge in [-0.15, -0.1) is 0 Å². The molecule has 0 bridgehead atoms. The Hall–Kier alpha value is -3.94. The van der Waals surface area contributed by atoms with Crippen molar-refractivity contribution in [2.45, 2.75) is 13.1 Å². The van der Waals surface area contributed by atoms with Crippen molar-refractivity contribution in [2.75, 3.05) is 43.1 Å². The molecule has 1 saturated heterocycles. The number of hydrogen-bond donors (Lipinski definition) is 2. The maximum absolute atomic E-state index is 13.0. The van der Waals surface area contributed by atoms with Crippen molar-refractivity contribution >= 4 is 17.4 Å². The van der Waals surface area contributed by atoms with E-state index in [1.165, 1.54) is 6.07 Å². The highest BCUT2D eigenvalue weighted by Crippen LogP contribution is 2.31. The number of morpholine rings is 1. The lowest BCUT2D eigenvalue weighted by Gasteiger charge is -2.28. The average Bonchev–Trinajstić information content (AvgIpc) is 2.88. The number of nitrogens with two attached hydrogens (primary N) is 1. The Kier molecular flexibility index (Phi) is 7.52. The summed E-state index contributed by atoms with van der Waals surface area (Å²) in [6.07, 6.45) is -3.68. The van der Waals surface area contributed by atoms with E-state index < -0.39 is 17.8 Å². The van der Waals surface area contributed by atoms with Crippen molar-refractivity contribution in [3.8, 4) is 23.0 Å². The number of benzene rings is 1. The molecule has 0 unspecified atom stereocenters. The summed E-state index contributed by atoms with van der Waals surface area (Å²) in [7, 11) is 0. The highest BCUT2D eigenvalue weighted by Gasteiger charge is 2.33. The van der Waals surface area contributed by atoms with E-state index >= 15 is 0 Å². The van der Waals surface area contributed by atoms with Crippen LogP contribution in [0, 0.1) is 18.8 Å². The number of aryl methyl sites for hydroxylation is 1. The number of pyridine rings is 2. The Morgan fingerprint density at radius 1 is 1.17 bits per heavy atom. The van der Waals surface area contributed by atoms with E-state index in [-0.39, 0.29) is 12.1 Å². The Labute approximate surface area is 206 Å². The quantitative estimate of drug-likeness (QED) is 0.534. The van der Waals surface area contributed by atoms with Crippen LogP contribution >= 0.6 is 0 Å². The Morgan fingerprint density at radius 3 is 2.67 bits per heavy atom. The van der Waals surface area contributed by atoms with Crippen LogP contribution in [0.25, 0.3) is 11.1 Å². The maximum atomic E-state index is 13.0. The van der Waals surface area contributed by atoms with Gasteiger partial charge in [0.25, 0.3) is 5.91 Å². The van der Waals surface area contributed by atoms with Crippen LogP contribution in [0.15, 0.2) is 48.7 Å². The van der Waals surface area contributed by atoms with Crippen molar-refractivity contribution in [1.29, 1.82) is 0 Å². The van der Waals surface area contributed by atoms with Gasteiger partial charge in [0, 0.05) is 30.5 Å². The van der Waals surface area contributed by atoms with Crippen LogP contribution in [-0.4, -0.2) is 48.7 Å². The van der Waals surface area contributed by atoms with Crippen molar-refractivity contribution in [1.82, 2.24) is 9.97 Å². The molecule has 3 N–H and O–H groups in total. The minimum absolute atomic E-state index is 0.141. The molecule has 3 heterocycles.